The van der Waals surface area contributed by atoms with Gasteiger partial charge in [-0.2, -0.15) is 0 Å². The first-order chi connectivity index (χ1) is 15.9. The highest BCUT2D eigenvalue weighted by atomic mass is 19.1. The second-order valence-electron chi connectivity index (χ2n) is 13.5. The van der Waals surface area contributed by atoms with Crippen LogP contribution in [0.2, 0.25) is 0 Å². The minimum Gasteiger partial charge on any atom is -0.367 e. The summed E-state index contributed by atoms with van der Waals surface area (Å²) in [6.45, 7) is 6.53. The molecule has 1 heterocycles. The topological polar surface area (TPSA) is 24.4 Å². The largest absolute Gasteiger partial charge is 0.367 e. The van der Waals surface area contributed by atoms with Gasteiger partial charge in [-0.05, 0) is 131 Å². The third-order valence-corrected chi connectivity index (χ3v) is 11.6. The molecule has 7 unspecified atom stereocenters. The Morgan fingerprint density at radius 1 is 0.909 bits per heavy atom. The van der Waals surface area contributed by atoms with Gasteiger partial charge in [-0.3, -0.25) is 4.99 Å². The molecule has 5 saturated carbocycles. The van der Waals surface area contributed by atoms with Gasteiger partial charge in [0.1, 0.15) is 11.8 Å². The Bertz CT molecular complexity index is 886. The van der Waals surface area contributed by atoms with Crippen LogP contribution in [-0.2, 0) is 0 Å². The predicted molar refractivity (Wildman–Crippen MR) is 132 cm³/mol. The minimum absolute atomic E-state index is 0.195. The van der Waals surface area contributed by atoms with Gasteiger partial charge in [0.25, 0.3) is 0 Å². The number of allylic oxidation sites excluding steroid dienone is 4. The molecule has 8 atom stereocenters. The van der Waals surface area contributed by atoms with Crippen molar-refractivity contribution in [2.75, 3.05) is 0 Å². The van der Waals surface area contributed by atoms with Crippen molar-refractivity contribution in [3.63, 3.8) is 0 Å². The Kier molecular flexibility index (Phi) is 4.78. The smallest absolute Gasteiger partial charge is 0.115 e. The summed E-state index contributed by atoms with van der Waals surface area (Å²) in [5, 5.41) is 3.75. The van der Waals surface area contributed by atoms with Gasteiger partial charge in [0.2, 0.25) is 0 Å². The van der Waals surface area contributed by atoms with Crippen molar-refractivity contribution in [3.8, 4) is 0 Å². The lowest BCUT2D eigenvalue weighted by Crippen LogP contribution is -2.45. The Morgan fingerprint density at radius 2 is 1.61 bits per heavy atom. The van der Waals surface area contributed by atoms with Crippen molar-refractivity contribution < 1.29 is 4.39 Å². The third kappa shape index (κ3) is 3.33. The number of aliphatic imine (C=N–C) groups is 1. The Labute approximate surface area is 200 Å². The van der Waals surface area contributed by atoms with Crippen LogP contribution in [0.15, 0.2) is 28.4 Å². The first kappa shape index (κ1) is 21.2. The third-order valence-electron chi connectivity index (χ3n) is 11.6. The lowest BCUT2D eigenvalue weighted by molar-refractivity contribution is 0.156. The van der Waals surface area contributed by atoms with Crippen LogP contribution in [0, 0.1) is 59.2 Å². The maximum atomic E-state index is 14.4. The zero-order valence-electron chi connectivity index (χ0n) is 20.9. The summed E-state index contributed by atoms with van der Waals surface area (Å²) in [6.07, 6.45) is 18.7. The van der Waals surface area contributed by atoms with Crippen LogP contribution in [0.4, 0.5) is 4.39 Å². The van der Waals surface area contributed by atoms with E-state index in [0.717, 1.165) is 54.8 Å². The first-order valence-electron chi connectivity index (χ1n) is 14.3. The van der Waals surface area contributed by atoms with E-state index in [-0.39, 0.29) is 6.17 Å². The van der Waals surface area contributed by atoms with E-state index in [1.807, 2.05) is 6.92 Å². The number of hydrogen-bond donors (Lipinski definition) is 1. The molecule has 0 radical (unpaired) electrons. The van der Waals surface area contributed by atoms with Crippen molar-refractivity contribution in [1.29, 1.82) is 0 Å². The summed E-state index contributed by atoms with van der Waals surface area (Å²) in [7, 11) is 0. The second-order valence-corrected chi connectivity index (χ2v) is 13.5. The summed E-state index contributed by atoms with van der Waals surface area (Å²) >= 11 is 0. The van der Waals surface area contributed by atoms with Crippen molar-refractivity contribution >= 4 is 5.71 Å². The van der Waals surface area contributed by atoms with Gasteiger partial charge in [-0.1, -0.05) is 19.4 Å². The van der Waals surface area contributed by atoms with Crippen molar-refractivity contribution in [3.05, 3.63) is 23.4 Å². The molecule has 0 spiro atoms. The molecule has 1 N–H and O–H groups in total. The van der Waals surface area contributed by atoms with E-state index in [0.29, 0.717) is 23.7 Å². The predicted octanol–water partition coefficient (Wildman–Crippen LogP) is 7.08. The molecular formula is C30H43FN2. The molecule has 6 aliphatic carbocycles. The van der Waals surface area contributed by atoms with Gasteiger partial charge in [-0.25, -0.2) is 4.39 Å². The number of nitrogens with zero attached hydrogens (tertiary/aromatic N) is 1. The summed E-state index contributed by atoms with van der Waals surface area (Å²) in [6, 6.07) is 0. The molecule has 0 aromatic rings. The fraction of sp³-hybridized carbons (Fsp3) is 0.833. The van der Waals surface area contributed by atoms with Gasteiger partial charge >= 0.3 is 0 Å². The molecule has 33 heavy (non-hydrogen) atoms. The number of fused-ring (bicyclic) bond motifs is 4. The van der Waals surface area contributed by atoms with Gasteiger partial charge in [-0.15, -0.1) is 0 Å². The number of hydrogen-bond acceptors (Lipinski definition) is 2. The fourth-order valence-corrected chi connectivity index (χ4v) is 9.88. The van der Waals surface area contributed by atoms with E-state index in [4.69, 9.17) is 4.99 Å². The maximum Gasteiger partial charge on any atom is 0.115 e. The molecular weight excluding hydrogens is 407 g/mol. The molecule has 0 saturated heterocycles. The normalized spacial score (nSPS) is 54.7. The molecule has 7 aliphatic rings. The highest BCUT2D eigenvalue weighted by Crippen LogP contribution is 2.66. The summed E-state index contributed by atoms with van der Waals surface area (Å²) in [4.78, 5) is 5.31. The standard InChI is InChI=1S/C30H43FN2/c1-16-4-5-18(10-16)22-11-20-6-7-21(12-22)28(20)29-24-9-8-19(15-27(24)32-17(2)33-29)23-13-25-26(14-23)30(25,3)31/h8,15-18,20-26,28,32H,4-7,9-14H2,1-3H3/t16?,17?,18-,20?,21?,22?,23?,24?,25?,26?,28?,30?/m0/s1. The van der Waals surface area contributed by atoms with Gasteiger partial charge in [0.15, 0.2) is 0 Å². The molecule has 2 bridgehead atoms. The molecule has 2 nitrogen and oxygen atoms in total. The van der Waals surface area contributed by atoms with Crippen LogP contribution in [-0.4, -0.2) is 17.5 Å². The van der Waals surface area contributed by atoms with Crippen LogP contribution in [0.1, 0.15) is 85.0 Å². The van der Waals surface area contributed by atoms with Gasteiger partial charge in [0.05, 0.1) is 0 Å². The zero-order chi connectivity index (χ0) is 22.5. The van der Waals surface area contributed by atoms with Crippen LogP contribution in [0.3, 0.4) is 0 Å². The molecule has 3 heteroatoms. The van der Waals surface area contributed by atoms with Crippen LogP contribution in [0.5, 0.6) is 0 Å². The van der Waals surface area contributed by atoms with Crippen LogP contribution in [0.25, 0.3) is 0 Å². The monoisotopic (exact) mass is 450 g/mol. The Balaban J connectivity index is 1.08. The molecule has 0 aromatic carbocycles. The lowest BCUT2D eigenvalue weighted by Gasteiger charge is -2.43. The van der Waals surface area contributed by atoms with E-state index >= 15 is 0 Å². The van der Waals surface area contributed by atoms with E-state index in [2.05, 4.69) is 31.3 Å². The fourth-order valence-electron chi connectivity index (χ4n) is 9.88. The molecule has 5 fully saturated rings. The van der Waals surface area contributed by atoms with E-state index < -0.39 is 5.67 Å². The zero-order valence-corrected chi connectivity index (χ0v) is 20.9. The van der Waals surface area contributed by atoms with Crippen molar-refractivity contribution in [1.82, 2.24) is 5.32 Å². The maximum absolute atomic E-state index is 14.4. The Morgan fingerprint density at radius 3 is 2.27 bits per heavy atom. The quantitative estimate of drug-likeness (QED) is 0.488. The second kappa shape index (κ2) is 7.44. The average molecular weight is 451 g/mol. The number of nitrogens with one attached hydrogen (secondary N) is 1. The molecule has 7 rings (SSSR count). The summed E-state index contributed by atoms with van der Waals surface area (Å²) in [5.41, 5.74) is 3.61. The lowest BCUT2D eigenvalue weighted by atomic mass is 9.64. The number of rotatable bonds is 3. The molecule has 1 aliphatic heterocycles. The van der Waals surface area contributed by atoms with Crippen LogP contribution < -0.4 is 5.32 Å². The van der Waals surface area contributed by atoms with Gasteiger partial charge in [0, 0.05) is 23.2 Å². The van der Waals surface area contributed by atoms with E-state index in [1.54, 1.807) is 5.71 Å². The van der Waals surface area contributed by atoms with Crippen molar-refractivity contribution in [2.45, 2.75) is 96.8 Å². The number of alkyl halides is 1. The highest BCUT2D eigenvalue weighted by molar-refractivity contribution is 5.93. The molecule has 0 amide bonds. The van der Waals surface area contributed by atoms with E-state index in [9.17, 15) is 4.39 Å². The van der Waals surface area contributed by atoms with E-state index in [1.165, 1.54) is 56.2 Å². The minimum atomic E-state index is -0.868. The average Bonchev–Trinajstić information content (AvgIpc) is 3.27. The molecule has 0 aromatic heterocycles. The number of halogens is 1. The van der Waals surface area contributed by atoms with Gasteiger partial charge < -0.3 is 5.32 Å². The SMILES string of the molecule is CC1CC[C@H](C2CC3CCC(C2)C3C2=NC(C)NC3=CC(C4CC5C(C4)C5(C)F)=CCC32)C1. The summed E-state index contributed by atoms with van der Waals surface area (Å²) in [5.74, 6) is 7.16. The van der Waals surface area contributed by atoms with Crippen LogP contribution >= 0.6 is 0 Å². The van der Waals surface area contributed by atoms with Crippen molar-refractivity contribution in [2.24, 2.45) is 64.2 Å². The molecule has 180 valence electrons. The summed E-state index contributed by atoms with van der Waals surface area (Å²) < 4.78 is 14.4. The Hall–Kier alpha value is -1.12. The highest BCUT2D eigenvalue weighted by Gasteiger charge is 2.66. The first-order valence-corrected chi connectivity index (χ1v) is 14.3.